The van der Waals surface area contributed by atoms with E-state index in [9.17, 15) is 14.7 Å². The quantitative estimate of drug-likeness (QED) is 0.853. The number of aliphatic carboxylic acids is 1. The van der Waals surface area contributed by atoms with E-state index in [1.54, 1.807) is 11.3 Å². The van der Waals surface area contributed by atoms with Crippen LogP contribution in [0.1, 0.15) is 39.4 Å². The number of fused-ring (bicyclic) bond motifs is 1. The van der Waals surface area contributed by atoms with Crippen LogP contribution in [0.5, 0.6) is 0 Å². The van der Waals surface area contributed by atoms with E-state index in [0.29, 0.717) is 16.5 Å². The van der Waals surface area contributed by atoms with Crippen LogP contribution in [0.4, 0.5) is 0 Å². The molecule has 0 spiro atoms. The molecule has 0 saturated carbocycles. The smallest absolute Gasteiger partial charge is 0.327 e. The first-order chi connectivity index (χ1) is 9.66. The fourth-order valence-electron chi connectivity index (χ4n) is 2.76. The van der Waals surface area contributed by atoms with Crippen molar-refractivity contribution < 1.29 is 14.7 Å². The molecule has 3 rings (SSSR count). The summed E-state index contributed by atoms with van der Waals surface area (Å²) < 4.78 is 0. The van der Waals surface area contributed by atoms with E-state index in [4.69, 9.17) is 0 Å². The molecular formula is C14H17NO3S2. The lowest BCUT2D eigenvalue weighted by Gasteiger charge is -2.19. The molecule has 1 fully saturated rings. The van der Waals surface area contributed by atoms with E-state index in [0.717, 1.165) is 12.8 Å². The summed E-state index contributed by atoms with van der Waals surface area (Å²) >= 11 is 3.07. The lowest BCUT2D eigenvalue weighted by Crippen LogP contribution is -2.41. The van der Waals surface area contributed by atoms with Crippen molar-refractivity contribution in [2.75, 3.05) is 11.6 Å². The molecule has 1 aliphatic heterocycles. The van der Waals surface area contributed by atoms with Crippen LogP contribution in [0.15, 0.2) is 6.07 Å². The fourth-order valence-corrected chi connectivity index (χ4v) is 5.12. The number of carboxylic acid groups (broad SMARTS) is 1. The molecule has 4 nitrogen and oxygen atoms in total. The highest BCUT2D eigenvalue weighted by Crippen LogP contribution is 2.31. The Balaban J connectivity index is 1.82. The number of thioether (sulfide) groups is 1. The summed E-state index contributed by atoms with van der Waals surface area (Å²) in [4.78, 5) is 27.2. The molecule has 1 saturated heterocycles. The zero-order valence-corrected chi connectivity index (χ0v) is 12.8. The van der Waals surface area contributed by atoms with Crippen LogP contribution in [0.25, 0.3) is 0 Å². The number of carboxylic acids is 1. The third kappa shape index (κ3) is 2.59. The number of rotatable bonds is 2. The zero-order valence-electron chi connectivity index (χ0n) is 11.1. The molecule has 0 unspecified atom stereocenters. The molecule has 6 heteroatoms. The van der Waals surface area contributed by atoms with Crippen molar-refractivity contribution in [3.05, 3.63) is 21.4 Å². The molecule has 0 radical (unpaired) electrons. The topological polar surface area (TPSA) is 57.6 Å². The molecule has 1 N–H and O–H groups in total. The molecule has 1 aromatic heterocycles. The van der Waals surface area contributed by atoms with Crippen molar-refractivity contribution in [2.24, 2.45) is 0 Å². The van der Waals surface area contributed by atoms with E-state index in [1.807, 2.05) is 6.07 Å². The third-order valence-corrected chi connectivity index (χ3v) is 6.12. The number of nitrogens with zero attached hydrogens (tertiary/aromatic N) is 1. The van der Waals surface area contributed by atoms with Crippen LogP contribution in [0.2, 0.25) is 0 Å². The lowest BCUT2D eigenvalue weighted by atomic mass is 10.1. The van der Waals surface area contributed by atoms with E-state index in [1.165, 1.54) is 46.4 Å². The molecule has 1 aliphatic carbocycles. The summed E-state index contributed by atoms with van der Waals surface area (Å²) in [7, 11) is 0. The number of carbonyl (C=O) groups excluding carboxylic acids is 1. The van der Waals surface area contributed by atoms with Gasteiger partial charge in [-0.3, -0.25) is 4.79 Å². The van der Waals surface area contributed by atoms with Crippen LogP contribution in [-0.2, 0) is 17.6 Å². The molecular weight excluding hydrogens is 294 g/mol. The molecule has 2 heterocycles. The van der Waals surface area contributed by atoms with Gasteiger partial charge in [0.15, 0.2) is 0 Å². The Labute approximate surface area is 126 Å². The van der Waals surface area contributed by atoms with Gasteiger partial charge < -0.3 is 10.0 Å². The first kappa shape index (κ1) is 13.9. The highest BCUT2D eigenvalue weighted by molar-refractivity contribution is 7.99. The molecule has 0 aromatic carbocycles. The molecule has 20 heavy (non-hydrogen) atoms. The maximum atomic E-state index is 12.5. The summed E-state index contributed by atoms with van der Waals surface area (Å²) in [6.45, 7) is 0. The van der Waals surface area contributed by atoms with E-state index in [-0.39, 0.29) is 5.91 Å². The van der Waals surface area contributed by atoms with Gasteiger partial charge in [-0.25, -0.2) is 4.79 Å². The van der Waals surface area contributed by atoms with Gasteiger partial charge in [0, 0.05) is 10.6 Å². The number of carbonyl (C=O) groups is 2. The van der Waals surface area contributed by atoms with Crippen LogP contribution >= 0.6 is 23.1 Å². The normalized spacial score (nSPS) is 22.4. The minimum atomic E-state index is -0.901. The first-order valence-corrected chi connectivity index (χ1v) is 8.87. The van der Waals surface area contributed by atoms with E-state index < -0.39 is 12.0 Å². The molecule has 1 aromatic rings. The average Bonchev–Trinajstić information content (AvgIpc) is 3.01. The molecule has 0 bridgehead atoms. The van der Waals surface area contributed by atoms with Crippen molar-refractivity contribution in [1.29, 1.82) is 0 Å². The first-order valence-electron chi connectivity index (χ1n) is 6.90. The zero-order chi connectivity index (χ0) is 14.1. The Bertz CT molecular complexity index is 517. The number of amides is 1. The van der Waals surface area contributed by atoms with Gasteiger partial charge in [-0.2, -0.15) is 0 Å². The number of hydrogen-bond acceptors (Lipinski definition) is 4. The van der Waals surface area contributed by atoms with Gasteiger partial charge in [-0.1, -0.05) is 6.42 Å². The summed E-state index contributed by atoms with van der Waals surface area (Å²) in [6.07, 6.45) is 5.75. The maximum Gasteiger partial charge on any atom is 0.327 e. The van der Waals surface area contributed by atoms with Gasteiger partial charge in [-0.15, -0.1) is 23.1 Å². The van der Waals surface area contributed by atoms with Crippen molar-refractivity contribution in [3.8, 4) is 0 Å². The van der Waals surface area contributed by atoms with E-state index in [2.05, 4.69) is 0 Å². The molecule has 2 aliphatic rings. The van der Waals surface area contributed by atoms with Gasteiger partial charge in [0.05, 0.1) is 10.8 Å². The minimum absolute atomic E-state index is 0.111. The Kier molecular flexibility index (Phi) is 4.03. The van der Waals surface area contributed by atoms with Gasteiger partial charge in [-0.05, 0) is 37.3 Å². The standard InChI is InChI=1S/C14H17NO3S2/c16-13(15-8-19-7-10(15)14(17)18)12-6-9-4-2-1-3-5-11(9)20-12/h6,10H,1-5,7-8H2,(H,17,18)/t10-/m0/s1. The molecule has 1 atom stereocenters. The van der Waals surface area contributed by atoms with Crippen LogP contribution in [0.3, 0.4) is 0 Å². The highest BCUT2D eigenvalue weighted by Gasteiger charge is 2.35. The predicted molar refractivity (Wildman–Crippen MR) is 80.5 cm³/mol. The second-order valence-electron chi connectivity index (χ2n) is 5.25. The van der Waals surface area contributed by atoms with Crippen molar-refractivity contribution in [3.63, 3.8) is 0 Å². The maximum absolute atomic E-state index is 12.5. The molecule has 108 valence electrons. The van der Waals surface area contributed by atoms with Crippen LogP contribution in [0, 0.1) is 0 Å². The number of thiophene rings is 1. The summed E-state index contributed by atoms with van der Waals surface area (Å²) in [6, 6.07) is 1.32. The molecule has 1 amide bonds. The Hall–Kier alpha value is -1.01. The lowest BCUT2D eigenvalue weighted by molar-refractivity contribution is -0.140. The fraction of sp³-hybridized carbons (Fsp3) is 0.571. The minimum Gasteiger partial charge on any atom is -0.480 e. The second kappa shape index (κ2) is 5.77. The van der Waals surface area contributed by atoms with Gasteiger partial charge in [0.25, 0.3) is 5.91 Å². The Morgan fingerprint density at radius 1 is 1.25 bits per heavy atom. The number of aryl methyl sites for hydroxylation is 2. The highest BCUT2D eigenvalue weighted by atomic mass is 32.2. The monoisotopic (exact) mass is 311 g/mol. The van der Waals surface area contributed by atoms with Crippen molar-refractivity contribution in [2.45, 2.75) is 38.1 Å². The van der Waals surface area contributed by atoms with Gasteiger partial charge in [0.1, 0.15) is 6.04 Å². The van der Waals surface area contributed by atoms with E-state index >= 15 is 0 Å². The summed E-state index contributed by atoms with van der Waals surface area (Å²) in [5.41, 5.74) is 1.30. The largest absolute Gasteiger partial charge is 0.480 e. The second-order valence-corrected chi connectivity index (χ2v) is 7.39. The van der Waals surface area contributed by atoms with Gasteiger partial charge in [0.2, 0.25) is 0 Å². The summed E-state index contributed by atoms with van der Waals surface area (Å²) in [5.74, 6) is -0.0354. The predicted octanol–water partition coefficient (Wildman–Crippen LogP) is 2.62. The average molecular weight is 311 g/mol. The SMILES string of the molecule is O=C(O)[C@@H]1CSCN1C(=O)c1cc2c(s1)CCCCC2. The van der Waals surface area contributed by atoms with Crippen LogP contribution in [-0.4, -0.2) is 39.6 Å². The van der Waals surface area contributed by atoms with Crippen LogP contribution < -0.4 is 0 Å². The van der Waals surface area contributed by atoms with Crippen molar-refractivity contribution >= 4 is 35.0 Å². The van der Waals surface area contributed by atoms with Crippen molar-refractivity contribution in [1.82, 2.24) is 4.90 Å². The summed E-state index contributed by atoms with van der Waals surface area (Å²) in [5, 5.41) is 9.17. The Morgan fingerprint density at radius 3 is 2.85 bits per heavy atom. The van der Waals surface area contributed by atoms with Gasteiger partial charge >= 0.3 is 5.97 Å². The Morgan fingerprint density at radius 2 is 2.05 bits per heavy atom. The number of hydrogen-bond donors (Lipinski definition) is 1. The third-order valence-electron chi connectivity index (χ3n) is 3.89.